The number of rotatable bonds is 0. The second-order valence-corrected chi connectivity index (χ2v) is 7.01. The number of piperidine rings is 1. The highest BCUT2D eigenvalue weighted by atomic mass is 16.5. The maximum absolute atomic E-state index is 5.07. The van der Waals surface area contributed by atoms with Crippen molar-refractivity contribution in [3.8, 4) is 0 Å². The SMILES string of the molecule is C1CCNC1.C1CCNCC1.C1CCOCC1.C1CNC1.C1COC1. The zero-order chi connectivity index (χ0) is 17.7. The Labute approximate surface area is 156 Å². The predicted octanol–water partition coefficient (Wildman–Crippen LogP) is 2.70. The van der Waals surface area contributed by atoms with Crippen molar-refractivity contribution in [3.63, 3.8) is 0 Å². The Morgan fingerprint density at radius 1 is 0.320 bits per heavy atom. The van der Waals surface area contributed by atoms with E-state index in [4.69, 9.17) is 9.47 Å². The van der Waals surface area contributed by atoms with Crippen LogP contribution in [0, 0.1) is 0 Å². The van der Waals surface area contributed by atoms with Gasteiger partial charge in [0.15, 0.2) is 0 Å². The van der Waals surface area contributed by atoms with Crippen LogP contribution in [-0.2, 0) is 9.47 Å². The monoisotopic (exact) mass is 357 g/mol. The van der Waals surface area contributed by atoms with Crippen molar-refractivity contribution < 1.29 is 9.47 Å². The molecule has 0 atom stereocenters. The van der Waals surface area contributed by atoms with E-state index in [1.807, 2.05) is 0 Å². The molecular formula is C20H43N3O2. The first-order chi connectivity index (χ1) is 12.5. The van der Waals surface area contributed by atoms with Gasteiger partial charge in [-0.3, -0.25) is 0 Å². The van der Waals surface area contributed by atoms with E-state index in [-0.39, 0.29) is 0 Å². The summed E-state index contributed by atoms with van der Waals surface area (Å²) in [5.74, 6) is 0. The molecule has 5 saturated heterocycles. The first kappa shape index (κ1) is 22.8. The fraction of sp³-hybridized carbons (Fsp3) is 1.00. The summed E-state index contributed by atoms with van der Waals surface area (Å²) < 4.78 is 9.79. The fourth-order valence-corrected chi connectivity index (χ4v) is 2.43. The molecule has 5 aliphatic heterocycles. The normalized spacial score (nSPS) is 24.0. The minimum atomic E-state index is 1.00. The minimum Gasteiger partial charge on any atom is -0.381 e. The Morgan fingerprint density at radius 3 is 0.760 bits per heavy atom. The third-order valence-electron chi connectivity index (χ3n) is 4.53. The number of hydrogen-bond acceptors (Lipinski definition) is 5. The van der Waals surface area contributed by atoms with Gasteiger partial charge in [-0.1, -0.05) is 6.42 Å². The molecule has 0 bridgehead atoms. The Balaban J connectivity index is 0.000000158. The van der Waals surface area contributed by atoms with Crippen LogP contribution in [0.4, 0.5) is 0 Å². The van der Waals surface area contributed by atoms with Gasteiger partial charge in [-0.25, -0.2) is 0 Å². The Bertz CT molecular complexity index is 176. The lowest BCUT2D eigenvalue weighted by molar-refractivity contribution is 0.0367. The summed E-state index contributed by atoms with van der Waals surface area (Å²) in [7, 11) is 0. The van der Waals surface area contributed by atoms with Crippen molar-refractivity contribution in [3.05, 3.63) is 0 Å². The Kier molecular flexibility index (Phi) is 18.4. The third kappa shape index (κ3) is 18.4. The summed E-state index contributed by atoms with van der Waals surface area (Å²) in [6.07, 6.45) is 13.6. The van der Waals surface area contributed by atoms with E-state index in [0.717, 1.165) is 26.4 Å². The van der Waals surface area contributed by atoms with Crippen LogP contribution in [-0.4, -0.2) is 65.7 Å². The molecule has 0 amide bonds. The van der Waals surface area contributed by atoms with Gasteiger partial charge in [0.25, 0.3) is 0 Å². The van der Waals surface area contributed by atoms with Crippen LogP contribution >= 0.6 is 0 Å². The lowest BCUT2D eigenvalue weighted by atomic mass is 10.2. The highest BCUT2D eigenvalue weighted by Gasteiger charge is 1.96. The van der Waals surface area contributed by atoms with Crippen LogP contribution in [0.15, 0.2) is 0 Å². The van der Waals surface area contributed by atoms with Gasteiger partial charge >= 0.3 is 0 Å². The van der Waals surface area contributed by atoms with E-state index in [0.29, 0.717) is 0 Å². The average molecular weight is 358 g/mol. The van der Waals surface area contributed by atoms with E-state index in [9.17, 15) is 0 Å². The van der Waals surface area contributed by atoms with Gasteiger partial charge in [0.1, 0.15) is 0 Å². The standard InChI is InChI=1S/C5H11N.C5H10O.C4H9N.C3H7N.C3H6O/c2*1-2-4-6-5-3-1;1-2-4-5-3-1;2*1-2-4-3-1/h6H,1-5H2;1-5H2;5H,1-4H2;4H,1-3H2;1-3H2. The van der Waals surface area contributed by atoms with Crippen molar-refractivity contribution in [2.24, 2.45) is 0 Å². The van der Waals surface area contributed by atoms with Crippen molar-refractivity contribution >= 4 is 0 Å². The number of nitrogens with one attached hydrogen (secondary N) is 3. The summed E-state index contributed by atoms with van der Waals surface area (Å²) in [6.45, 7) is 11.5. The molecule has 5 fully saturated rings. The molecule has 0 aromatic rings. The molecule has 0 aliphatic carbocycles. The molecule has 150 valence electrons. The van der Waals surface area contributed by atoms with Crippen molar-refractivity contribution in [2.45, 2.75) is 64.2 Å². The second-order valence-electron chi connectivity index (χ2n) is 7.01. The molecule has 25 heavy (non-hydrogen) atoms. The molecule has 0 unspecified atom stereocenters. The molecule has 5 rings (SSSR count). The molecular weight excluding hydrogens is 314 g/mol. The van der Waals surface area contributed by atoms with Crippen LogP contribution < -0.4 is 16.0 Å². The summed E-state index contributed by atoms with van der Waals surface area (Å²) in [5, 5.41) is 9.62. The summed E-state index contributed by atoms with van der Waals surface area (Å²) in [6, 6.07) is 0. The molecule has 3 N–H and O–H groups in total. The highest BCUT2D eigenvalue weighted by Crippen LogP contribution is 2.02. The quantitative estimate of drug-likeness (QED) is 0.622. The summed E-state index contributed by atoms with van der Waals surface area (Å²) >= 11 is 0. The van der Waals surface area contributed by atoms with Gasteiger partial charge in [-0.2, -0.15) is 0 Å². The van der Waals surface area contributed by atoms with E-state index in [2.05, 4.69) is 16.0 Å². The van der Waals surface area contributed by atoms with Crippen molar-refractivity contribution in [1.82, 2.24) is 16.0 Å². The smallest absolute Gasteiger partial charge is 0.0488 e. The van der Waals surface area contributed by atoms with Gasteiger partial charge in [-0.15, -0.1) is 0 Å². The van der Waals surface area contributed by atoms with E-state index in [1.165, 1.54) is 103 Å². The molecule has 0 aromatic carbocycles. The van der Waals surface area contributed by atoms with Crippen molar-refractivity contribution in [1.29, 1.82) is 0 Å². The maximum atomic E-state index is 5.07. The average Bonchev–Trinajstić information content (AvgIpc) is 3.15. The third-order valence-corrected chi connectivity index (χ3v) is 4.53. The van der Waals surface area contributed by atoms with E-state index >= 15 is 0 Å². The fourth-order valence-electron chi connectivity index (χ4n) is 2.43. The molecule has 0 radical (unpaired) electrons. The van der Waals surface area contributed by atoms with Gasteiger partial charge < -0.3 is 25.4 Å². The first-order valence-corrected chi connectivity index (χ1v) is 10.8. The predicted molar refractivity (Wildman–Crippen MR) is 106 cm³/mol. The zero-order valence-electron chi connectivity index (χ0n) is 16.5. The Hall–Kier alpha value is -0.200. The van der Waals surface area contributed by atoms with E-state index < -0.39 is 0 Å². The van der Waals surface area contributed by atoms with Crippen molar-refractivity contribution in [2.75, 3.05) is 65.7 Å². The van der Waals surface area contributed by atoms with Crippen LogP contribution in [0.2, 0.25) is 0 Å². The minimum absolute atomic E-state index is 1.00. The Morgan fingerprint density at radius 2 is 0.640 bits per heavy atom. The van der Waals surface area contributed by atoms with Gasteiger partial charge in [-0.05, 0) is 97.1 Å². The van der Waals surface area contributed by atoms with Crippen LogP contribution in [0.1, 0.15) is 64.2 Å². The molecule has 5 heteroatoms. The highest BCUT2D eigenvalue weighted by molar-refractivity contribution is 4.57. The molecule has 5 aliphatic rings. The largest absolute Gasteiger partial charge is 0.381 e. The molecule has 0 spiro atoms. The van der Waals surface area contributed by atoms with Crippen LogP contribution in [0.5, 0.6) is 0 Å². The maximum Gasteiger partial charge on any atom is 0.0488 e. The van der Waals surface area contributed by atoms with Crippen LogP contribution in [0.3, 0.4) is 0 Å². The van der Waals surface area contributed by atoms with Gasteiger partial charge in [0.05, 0.1) is 0 Å². The molecule has 5 nitrogen and oxygen atoms in total. The molecule has 5 heterocycles. The molecule has 0 saturated carbocycles. The zero-order valence-corrected chi connectivity index (χ0v) is 16.5. The summed E-state index contributed by atoms with van der Waals surface area (Å²) in [5.41, 5.74) is 0. The molecule has 0 aromatic heterocycles. The van der Waals surface area contributed by atoms with Gasteiger partial charge in [0, 0.05) is 26.4 Å². The lowest BCUT2D eigenvalue weighted by Gasteiger charge is -2.09. The lowest BCUT2D eigenvalue weighted by Crippen LogP contribution is -2.29. The topological polar surface area (TPSA) is 54.5 Å². The second kappa shape index (κ2) is 20.1. The number of ether oxygens (including phenoxy) is 2. The number of hydrogen-bond donors (Lipinski definition) is 3. The van der Waals surface area contributed by atoms with Crippen LogP contribution in [0.25, 0.3) is 0 Å². The van der Waals surface area contributed by atoms with E-state index in [1.54, 1.807) is 0 Å². The first-order valence-electron chi connectivity index (χ1n) is 10.8. The van der Waals surface area contributed by atoms with Gasteiger partial charge in [0.2, 0.25) is 0 Å². The summed E-state index contributed by atoms with van der Waals surface area (Å²) in [4.78, 5) is 0.